The van der Waals surface area contributed by atoms with E-state index in [0.717, 1.165) is 55.0 Å². The second kappa shape index (κ2) is 7.92. The number of pyridine rings is 1. The van der Waals surface area contributed by atoms with E-state index in [1.54, 1.807) is 7.11 Å². The van der Waals surface area contributed by atoms with Crippen molar-refractivity contribution < 1.29 is 9.53 Å². The summed E-state index contributed by atoms with van der Waals surface area (Å²) in [5.41, 5.74) is 4.41. The highest BCUT2D eigenvalue weighted by Gasteiger charge is 2.40. The second-order valence-corrected chi connectivity index (χ2v) is 8.12. The molecule has 5 nitrogen and oxygen atoms in total. The number of hydrogen-bond acceptors (Lipinski definition) is 4. The molecule has 3 saturated heterocycles. The number of ether oxygens (including phenoxy) is 1. The Morgan fingerprint density at radius 2 is 1.89 bits per heavy atom. The first-order valence-electron chi connectivity index (χ1n) is 10.1. The van der Waals surface area contributed by atoms with Gasteiger partial charge in [-0.1, -0.05) is 30.3 Å². The van der Waals surface area contributed by atoms with Gasteiger partial charge in [0.1, 0.15) is 5.75 Å². The summed E-state index contributed by atoms with van der Waals surface area (Å²) in [4.78, 5) is 22.3. The summed E-state index contributed by atoms with van der Waals surface area (Å²) in [6, 6.07) is 10.6. The van der Waals surface area contributed by atoms with Crippen molar-refractivity contribution in [1.82, 2.24) is 14.8 Å². The van der Waals surface area contributed by atoms with Gasteiger partial charge in [-0.3, -0.25) is 14.7 Å². The molecule has 2 bridgehead atoms. The molecule has 0 saturated carbocycles. The topological polar surface area (TPSA) is 45.7 Å². The lowest BCUT2D eigenvalue weighted by molar-refractivity contribution is -0.140. The number of carbonyl (C=O) groups is 1. The molecule has 0 aliphatic carbocycles. The summed E-state index contributed by atoms with van der Waals surface area (Å²) in [6.45, 7) is 7.30. The number of fused-ring (bicyclic) bond motifs is 4. The average Bonchev–Trinajstić information content (AvgIpc) is 2.97. The van der Waals surface area contributed by atoms with E-state index >= 15 is 0 Å². The van der Waals surface area contributed by atoms with Gasteiger partial charge in [-0.05, 0) is 32.3 Å². The number of aryl methyl sites for hydroxylation is 1. The molecule has 1 amide bonds. The molecule has 2 aromatic rings. The van der Waals surface area contributed by atoms with Crippen molar-refractivity contribution in [2.75, 3.05) is 20.2 Å². The van der Waals surface area contributed by atoms with E-state index < -0.39 is 0 Å². The van der Waals surface area contributed by atoms with Crippen LogP contribution in [0, 0.1) is 19.8 Å². The highest BCUT2D eigenvalue weighted by molar-refractivity contribution is 5.80. The molecule has 0 N–H and O–H groups in total. The molecular weight excluding hydrogens is 350 g/mol. The van der Waals surface area contributed by atoms with Crippen LogP contribution in [0.3, 0.4) is 0 Å². The van der Waals surface area contributed by atoms with Crippen LogP contribution in [0.1, 0.15) is 35.2 Å². The molecule has 2 atom stereocenters. The zero-order valence-corrected chi connectivity index (χ0v) is 17.0. The molecule has 0 unspecified atom stereocenters. The maximum Gasteiger partial charge on any atom is 0.227 e. The number of hydrogen-bond donors (Lipinski definition) is 0. The highest BCUT2D eigenvalue weighted by Crippen LogP contribution is 2.32. The third-order valence-electron chi connectivity index (χ3n) is 6.19. The van der Waals surface area contributed by atoms with Gasteiger partial charge in [0.25, 0.3) is 0 Å². The molecular formula is C23H29N3O2. The first-order valence-corrected chi connectivity index (χ1v) is 10.1. The molecule has 0 radical (unpaired) electrons. The number of aromatic nitrogens is 1. The van der Waals surface area contributed by atoms with Crippen molar-refractivity contribution in [3.8, 4) is 5.75 Å². The summed E-state index contributed by atoms with van der Waals surface area (Å²) in [5, 5.41) is 0. The number of benzene rings is 1. The van der Waals surface area contributed by atoms with Crippen LogP contribution in [0.15, 0.2) is 36.5 Å². The van der Waals surface area contributed by atoms with Crippen LogP contribution < -0.4 is 4.74 Å². The van der Waals surface area contributed by atoms with E-state index in [-0.39, 0.29) is 12.0 Å². The predicted molar refractivity (Wildman–Crippen MR) is 109 cm³/mol. The number of piperidine rings is 1. The summed E-state index contributed by atoms with van der Waals surface area (Å²) in [6.07, 6.45) is 3.97. The van der Waals surface area contributed by atoms with E-state index in [0.29, 0.717) is 12.5 Å². The fourth-order valence-corrected chi connectivity index (χ4v) is 4.69. The molecule has 3 aliphatic heterocycles. The van der Waals surface area contributed by atoms with E-state index in [2.05, 4.69) is 33.8 Å². The van der Waals surface area contributed by atoms with Crippen LogP contribution in [0.2, 0.25) is 0 Å². The monoisotopic (exact) mass is 379 g/mol. The lowest BCUT2D eigenvalue weighted by Crippen LogP contribution is -2.47. The molecule has 3 aliphatic rings. The van der Waals surface area contributed by atoms with Crippen LogP contribution in [0.25, 0.3) is 0 Å². The average molecular weight is 380 g/mol. The molecule has 0 spiro atoms. The summed E-state index contributed by atoms with van der Waals surface area (Å²) >= 11 is 0. The normalized spacial score (nSPS) is 22.4. The Kier molecular flexibility index (Phi) is 5.36. The minimum Gasteiger partial charge on any atom is -0.496 e. The first-order chi connectivity index (χ1) is 13.6. The molecule has 5 heteroatoms. The van der Waals surface area contributed by atoms with Gasteiger partial charge in [-0.15, -0.1) is 0 Å². The molecule has 1 aromatic carbocycles. The fourth-order valence-electron chi connectivity index (χ4n) is 4.69. The predicted octanol–water partition coefficient (Wildman–Crippen LogP) is 3.33. The van der Waals surface area contributed by atoms with E-state index in [1.165, 1.54) is 5.56 Å². The number of carbonyl (C=O) groups excluding carboxylic acids is 1. The van der Waals surface area contributed by atoms with Crippen LogP contribution in [0.4, 0.5) is 0 Å². The van der Waals surface area contributed by atoms with Gasteiger partial charge < -0.3 is 9.64 Å². The zero-order valence-electron chi connectivity index (χ0n) is 17.0. The van der Waals surface area contributed by atoms with Crippen LogP contribution in [0.5, 0.6) is 5.75 Å². The quantitative estimate of drug-likeness (QED) is 0.799. The Hall–Kier alpha value is -2.40. The largest absolute Gasteiger partial charge is 0.496 e. The van der Waals surface area contributed by atoms with Gasteiger partial charge in [0.2, 0.25) is 5.91 Å². The molecule has 4 heterocycles. The molecule has 28 heavy (non-hydrogen) atoms. The van der Waals surface area contributed by atoms with Crippen LogP contribution >= 0.6 is 0 Å². The fraction of sp³-hybridized carbons (Fsp3) is 0.478. The Morgan fingerprint density at radius 3 is 2.64 bits per heavy atom. The third kappa shape index (κ3) is 3.63. The van der Waals surface area contributed by atoms with Crippen molar-refractivity contribution in [2.45, 2.75) is 45.8 Å². The molecule has 1 aromatic heterocycles. The van der Waals surface area contributed by atoms with Crippen molar-refractivity contribution in [3.05, 3.63) is 58.9 Å². The SMILES string of the molecule is COc1c(C)cnc(CN2C[C@@H]3CC[C@H](C2)N(Cc2ccccc2)C3=O)c1C. The zero-order chi connectivity index (χ0) is 19.7. The van der Waals surface area contributed by atoms with Crippen molar-refractivity contribution in [2.24, 2.45) is 5.92 Å². The van der Waals surface area contributed by atoms with Gasteiger partial charge in [0.15, 0.2) is 0 Å². The lowest BCUT2D eigenvalue weighted by Gasteiger charge is -2.36. The summed E-state index contributed by atoms with van der Waals surface area (Å²) < 4.78 is 5.56. The van der Waals surface area contributed by atoms with E-state index in [1.807, 2.05) is 31.3 Å². The molecule has 5 rings (SSSR count). The Labute approximate surface area is 167 Å². The van der Waals surface area contributed by atoms with Gasteiger partial charge in [0.05, 0.1) is 18.7 Å². The summed E-state index contributed by atoms with van der Waals surface area (Å²) in [5.74, 6) is 1.33. The standard InChI is InChI=1S/C23H29N3O2/c1-16-11-24-21(17(2)22(16)28-3)15-25-13-19-9-10-20(14-25)26(23(19)27)12-18-7-5-4-6-8-18/h4-8,11,19-20H,9-10,12-15H2,1-3H3/t19-,20+/m0/s1. The Bertz CT molecular complexity index is 852. The van der Waals surface area contributed by atoms with E-state index in [9.17, 15) is 4.79 Å². The van der Waals surface area contributed by atoms with Crippen molar-refractivity contribution in [1.29, 1.82) is 0 Å². The van der Waals surface area contributed by atoms with Gasteiger partial charge >= 0.3 is 0 Å². The first kappa shape index (κ1) is 18.9. The number of nitrogens with zero attached hydrogens (tertiary/aromatic N) is 3. The highest BCUT2D eigenvalue weighted by atomic mass is 16.5. The molecule has 3 fully saturated rings. The van der Waals surface area contributed by atoms with Gasteiger partial charge in [0, 0.05) is 49.5 Å². The Morgan fingerprint density at radius 1 is 1.11 bits per heavy atom. The lowest BCUT2D eigenvalue weighted by atomic mass is 9.93. The Balaban J connectivity index is 1.53. The maximum absolute atomic E-state index is 13.1. The van der Waals surface area contributed by atoms with Crippen molar-refractivity contribution >= 4 is 5.91 Å². The van der Waals surface area contributed by atoms with Crippen molar-refractivity contribution in [3.63, 3.8) is 0 Å². The van der Waals surface area contributed by atoms with Gasteiger partial charge in [-0.2, -0.15) is 0 Å². The number of methoxy groups -OCH3 is 1. The number of amides is 1. The number of rotatable bonds is 5. The smallest absolute Gasteiger partial charge is 0.227 e. The second-order valence-electron chi connectivity index (χ2n) is 8.12. The minimum absolute atomic E-state index is 0.0927. The molecule has 148 valence electrons. The minimum atomic E-state index is 0.0927. The van der Waals surface area contributed by atoms with Crippen LogP contribution in [-0.2, 0) is 17.9 Å². The van der Waals surface area contributed by atoms with E-state index in [4.69, 9.17) is 4.74 Å². The summed E-state index contributed by atoms with van der Waals surface area (Å²) in [7, 11) is 1.71. The van der Waals surface area contributed by atoms with Gasteiger partial charge in [-0.25, -0.2) is 0 Å². The maximum atomic E-state index is 13.1. The van der Waals surface area contributed by atoms with Crippen LogP contribution in [-0.4, -0.2) is 46.9 Å². The third-order valence-corrected chi connectivity index (χ3v) is 6.19.